The number of esters is 1. The molecule has 0 aliphatic carbocycles. The quantitative estimate of drug-likeness (QED) is 0.610. The standard InChI is InChI=1S/C14H15ClO3/c1-3-4-7-17-14(16)13-9(2)11-8-10(15)5-6-12(11)18-13/h5-6,8H,3-4,7H2,1-2H3. The van der Waals surface area contributed by atoms with E-state index < -0.39 is 5.97 Å². The van der Waals surface area contributed by atoms with Crippen molar-refractivity contribution in [1.29, 1.82) is 0 Å². The van der Waals surface area contributed by atoms with Crippen LogP contribution in [0.3, 0.4) is 0 Å². The third-order valence-electron chi connectivity index (χ3n) is 2.81. The molecule has 0 aliphatic heterocycles. The number of rotatable bonds is 4. The highest BCUT2D eigenvalue weighted by Crippen LogP contribution is 2.28. The van der Waals surface area contributed by atoms with Crippen LogP contribution in [0, 0.1) is 6.92 Å². The molecule has 0 spiro atoms. The van der Waals surface area contributed by atoms with E-state index >= 15 is 0 Å². The van der Waals surface area contributed by atoms with Crippen LogP contribution in [0.2, 0.25) is 5.02 Å². The van der Waals surface area contributed by atoms with E-state index in [0.29, 0.717) is 17.2 Å². The number of aryl methyl sites for hydroxylation is 1. The maximum Gasteiger partial charge on any atom is 0.374 e. The minimum absolute atomic E-state index is 0.267. The summed E-state index contributed by atoms with van der Waals surface area (Å²) in [4.78, 5) is 11.8. The van der Waals surface area contributed by atoms with Crippen molar-refractivity contribution in [2.45, 2.75) is 26.7 Å². The average Bonchev–Trinajstić information content (AvgIpc) is 2.67. The van der Waals surface area contributed by atoms with Gasteiger partial charge in [0.25, 0.3) is 0 Å². The van der Waals surface area contributed by atoms with Gasteiger partial charge in [0.05, 0.1) is 6.61 Å². The Kier molecular flexibility index (Phi) is 3.92. The molecular formula is C14H15ClO3. The molecule has 0 amide bonds. The fourth-order valence-corrected chi connectivity index (χ4v) is 1.93. The first-order valence-corrected chi connectivity index (χ1v) is 6.37. The van der Waals surface area contributed by atoms with E-state index in [1.807, 2.05) is 13.8 Å². The molecule has 0 bridgehead atoms. The van der Waals surface area contributed by atoms with Crippen molar-refractivity contribution in [3.8, 4) is 0 Å². The third-order valence-corrected chi connectivity index (χ3v) is 3.05. The third kappa shape index (κ3) is 2.51. The molecule has 0 aliphatic rings. The summed E-state index contributed by atoms with van der Waals surface area (Å²) in [6.07, 6.45) is 1.85. The molecule has 0 fully saturated rings. The van der Waals surface area contributed by atoms with Gasteiger partial charge in [-0.3, -0.25) is 0 Å². The molecule has 1 heterocycles. The van der Waals surface area contributed by atoms with Crippen molar-refractivity contribution in [3.63, 3.8) is 0 Å². The van der Waals surface area contributed by atoms with E-state index in [1.54, 1.807) is 18.2 Å². The van der Waals surface area contributed by atoms with Crippen molar-refractivity contribution in [2.75, 3.05) is 6.61 Å². The number of carbonyl (C=O) groups is 1. The van der Waals surface area contributed by atoms with Gasteiger partial charge < -0.3 is 9.15 Å². The first-order valence-electron chi connectivity index (χ1n) is 5.99. The molecule has 4 heteroatoms. The smallest absolute Gasteiger partial charge is 0.374 e. The highest BCUT2D eigenvalue weighted by atomic mass is 35.5. The Morgan fingerprint density at radius 3 is 2.94 bits per heavy atom. The van der Waals surface area contributed by atoms with E-state index in [1.165, 1.54) is 0 Å². The average molecular weight is 267 g/mol. The molecule has 2 aromatic rings. The number of fused-ring (bicyclic) bond motifs is 1. The van der Waals surface area contributed by atoms with Crippen LogP contribution >= 0.6 is 11.6 Å². The molecule has 3 nitrogen and oxygen atoms in total. The first kappa shape index (κ1) is 13.0. The largest absolute Gasteiger partial charge is 0.460 e. The normalized spacial score (nSPS) is 10.8. The van der Waals surface area contributed by atoms with Crippen LogP contribution in [-0.2, 0) is 4.74 Å². The van der Waals surface area contributed by atoms with E-state index in [9.17, 15) is 4.79 Å². The van der Waals surface area contributed by atoms with E-state index in [4.69, 9.17) is 20.8 Å². The molecule has 1 aromatic heterocycles. The Morgan fingerprint density at radius 1 is 1.44 bits per heavy atom. The van der Waals surface area contributed by atoms with Crippen LogP contribution < -0.4 is 0 Å². The van der Waals surface area contributed by atoms with Crippen LogP contribution in [0.15, 0.2) is 22.6 Å². The zero-order valence-corrected chi connectivity index (χ0v) is 11.2. The summed E-state index contributed by atoms with van der Waals surface area (Å²) in [5.41, 5.74) is 1.42. The van der Waals surface area contributed by atoms with Crippen LogP contribution in [0.5, 0.6) is 0 Å². The second-order valence-electron chi connectivity index (χ2n) is 4.19. The van der Waals surface area contributed by atoms with Gasteiger partial charge in [0.2, 0.25) is 5.76 Å². The second-order valence-corrected chi connectivity index (χ2v) is 4.62. The van der Waals surface area contributed by atoms with Gasteiger partial charge in [0.1, 0.15) is 5.58 Å². The molecule has 0 unspecified atom stereocenters. The molecule has 0 radical (unpaired) electrons. The predicted octanol–water partition coefficient (Wildman–Crippen LogP) is 4.35. The first-order chi connectivity index (χ1) is 8.63. The van der Waals surface area contributed by atoms with Crippen molar-refractivity contribution in [1.82, 2.24) is 0 Å². The van der Waals surface area contributed by atoms with Gasteiger partial charge in [-0.15, -0.1) is 0 Å². The summed E-state index contributed by atoms with van der Waals surface area (Å²) in [6, 6.07) is 5.28. The highest BCUT2D eigenvalue weighted by Gasteiger charge is 2.18. The van der Waals surface area contributed by atoms with Gasteiger partial charge in [0.15, 0.2) is 0 Å². The topological polar surface area (TPSA) is 39.4 Å². The SMILES string of the molecule is CCCCOC(=O)c1oc2ccc(Cl)cc2c1C. The van der Waals surface area contributed by atoms with Crippen LogP contribution in [0.25, 0.3) is 11.0 Å². The Labute approximate surface area is 111 Å². The van der Waals surface area contributed by atoms with Crippen molar-refractivity contribution >= 4 is 28.5 Å². The number of hydrogen-bond donors (Lipinski definition) is 0. The lowest BCUT2D eigenvalue weighted by Crippen LogP contribution is -2.06. The van der Waals surface area contributed by atoms with E-state index in [-0.39, 0.29) is 5.76 Å². The lowest BCUT2D eigenvalue weighted by molar-refractivity contribution is 0.0465. The number of ether oxygens (including phenoxy) is 1. The lowest BCUT2D eigenvalue weighted by atomic mass is 10.1. The number of halogens is 1. The highest BCUT2D eigenvalue weighted by molar-refractivity contribution is 6.31. The number of unbranched alkanes of at least 4 members (excludes halogenated alkanes) is 1. The maximum atomic E-state index is 11.8. The van der Waals surface area contributed by atoms with Gasteiger partial charge in [-0.25, -0.2) is 4.79 Å². The van der Waals surface area contributed by atoms with E-state index in [0.717, 1.165) is 23.8 Å². The molecule has 0 saturated heterocycles. The molecule has 0 N–H and O–H groups in total. The Balaban J connectivity index is 2.28. The number of furan rings is 1. The molecule has 1 aromatic carbocycles. The van der Waals surface area contributed by atoms with Crippen molar-refractivity contribution in [3.05, 3.63) is 34.5 Å². The Morgan fingerprint density at radius 2 is 2.22 bits per heavy atom. The summed E-state index contributed by atoms with van der Waals surface area (Å²) in [6.45, 7) is 4.30. The molecule has 18 heavy (non-hydrogen) atoms. The molecule has 0 saturated carbocycles. The van der Waals surface area contributed by atoms with Crippen LogP contribution in [0.1, 0.15) is 35.9 Å². The van der Waals surface area contributed by atoms with Gasteiger partial charge in [-0.2, -0.15) is 0 Å². The minimum atomic E-state index is -0.409. The summed E-state index contributed by atoms with van der Waals surface area (Å²) in [5, 5.41) is 1.47. The zero-order chi connectivity index (χ0) is 13.1. The summed E-state index contributed by atoms with van der Waals surface area (Å²) in [5.74, 6) is -0.142. The fraction of sp³-hybridized carbons (Fsp3) is 0.357. The Hall–Kier alpha value is -1.48. The number of carbonyl (C=O) groups excluding carboxylic acids is 1. The molecular weight excluding hydrogens is 252 g/mol. The minimum Gasteiger partial charge on any atom is -0.460 e. The summed E-state index contributed by atoms with van der Waals surface area (Å²) >= 11 is 5.92. The van der Waals surface area contributed by atoms with Crippen LogP contribution in [-0.4, -0.2) is 12.6 Å². The van der Waals surface area contributed by atoms with Crippen molar-refractivity contribution in [2.24, 2.45) is 0 Å². The Bertz CT molecular complexity index is 572. The van der Waals surface area contributed by atoms with Gasteiger partial charge in [0, 0.05) is 16.0 Å². The van der Waals surface area contributed by atoms with Gasteiger partial charge in [-0.05, 0) is 31.5 Å². The second kappa shape index (κ2) is 5.44. The maximum absolute atomic E-state index is 11.8. The number of hydrogen-bond acceptors (Lipinski definition) is 3. The summed E-state index contributed by atoms with van der Waals surface area (Å²) in [7, 11) is 0. The molecule has 0 atom stereocenters. The van der Waals surface area contributed by atoms with Gasteiger partial charge >= 0.3 is 5.97 Å². The number of benzene rings is 1. The zero-order valence-electron chi connectivity index (χ0n) is 10.5. The summed E-state index contributed by atoms with van der Waals surface area (Å²) < 4.78 is 10.7. The predicted molar refractivity (Wildman–Crippen MR) is 71.2 cm³/mol. The van der Waals surface area contributed by atoms with E-state index in [2.05, 4.69) is 0 Å². The molecule has 96 valence electrons. The molecule has 2 rings (SSSR count). The van der Waals surface area contributed by atoms with Crippen LogP contribution in [0.4, 0.5) is 0 Å². The monoisotopic (exact) mass is 266 g/mol. The van der Waals surface area contributed by atoms with Crippen molar-refractivity contribution < 1.29 is 13.9 Å². The lowest BCUT2D eigenvalue weighted by Gasteiger charge is -2.01. The fourth-order valence-electron chi connectivity index (χ4n) is 1.76. The van der Waals surface area contributed by atoms with Gasteiger partial charge in [-0.1, -0.05) is 24.9 Å².